The van der Waals surface area contributed by atoms with E-state index in [1.165, 1.54) is 57.9 Å². The van der Waals surface area contributed by atoms with Crippen molar-refractivity contribution in [3.63, 3.8) is 0 Å². The molecule has 0 aromatic heterocycles. The fourth-order valence-corrected chi connectivity index (χ4v) is 4.69. The van der Waals surface area contributed by atoms with Gasteiger partial charge in [0.25, 0.3) is 0 Å². The summed E-state index contributed by atoms with van der Waals surface area (Å²) < 4.78 is 6.13. The van der Waals surface area contributed by atoms with Gasteiger partial charge in [-0.15, -0.1) is 0 Å². The Hall–Kier alpha value is -0.120. The van der Waals surface area contributed by atoms with Crippen molar-refractivity contribution in [3.05, 3.63) is 0 Å². The summed E-state index contributed by atoms with van der Waals surface area (Å²) in [5, 5.41) is 0. The number of hydrogen-bond donors (Lipinski definition) is 1. The highest BCUT2D eigenvalue weighted by Gasteiger charge is 2.40. The molecule has 19 heavy (non-hydrogen) atoms. The summed E-state index contributed by atoms with van der Waals surface area (Å²) >= 11 is 0. The number of nitrogens with zero attached hydrogens (tertiary/aromatic N) is 1. The minimum atomic E-state index is 0.390. The molecule has 0 radical (unpaired) electrons. The Balaban J connectivity index is 1.70. The molecule has 3 rings (SSSR count). The van der Waals surface area contributed by atoms with E-state index in [4.69, 9.17) is 10.5 Å². The lowest BCUT2D eigenvalue weighted by molar-refractivity contribution is -0.0477. The van der Waals surface area contributed by atoms with Crippen LogP contribution in [0.3, 0.4) is 0 Å². The molecular weight excluding hydrogens is 236 g/mol. The topological polar surface area (TPSA) is 38.5 Å². The molecule has 2 aliphatic heterocycles. The molecule has 2 heterocycles. The molecule has 1 aliphatic carbocycles. The van der Waals surface area contributed by atoms with E-state index in [1.807, 2.05) is 0 Å². The van der Waals surface area contributed by atoms with Gasteiger partial charge in [-0.1, -0.05) is 12.8 Å². The number of fused-ring (bicyclic) bond motifs is 1. The van der Waals surface area contributed by atoms with Crippen molar-refractivity contribution < 1.29 is 4.74 Å². The molecule has 0 aromatic carbocycles. The zero-order valence-electron chi connectivity index (χ0n) is 12.4. The van der Waals surface area contributed by atoms with Gasteiger partial charge in [0, 0.05) is 18.6 Å². The van der Waals surface area contributed by atoms with Crippen molar-refractivity contribution in [3.8, 4) is 0 Å². The van der Waals surface area contributed by atoms with Gasteiger partial charge in [-0.25, -0.2) is 0 Å². The van der Waals surface area contributed by atoms with Gasteiger partial charge in [0.2, 0.25) is 0 Å². The van der Waals surface area contributed by atoms with Crippen LogP contribution in [0.4, 0.5) is 0 Å². The van der Waals surface area contributed by atoms with E-state index >= 15 is 0 Å². The highest BCUT2D eigenvalue weighted by Crippen LogP contribution is 2.38. The summed E-state index contributed by atoms with van der Waals surface area (Å²) in [6.07, 6.45) is 11.7. The molecule has 110 valence electrons. The van der Waals surface area contributed by atoms with Crippen LogP contribution >= 0.6 is 0 Å². The van der Waals surface area contributed by atoms with Crippen molar-refractivity contribution >= 4 is 0 Å². The molecule has 5 atom stereocenters. The minimum Gasteiger partial charge on any atom is -0.374 e. The molecule has 0 spiro atoms. The first kappa shape index (κ1) is 13.8. The van der Waals surface area contributed by atoms with Crippen LogP contribution in [0, 0.1) is 5.92 Å². The normalized spacial score (nSPS) is 42.0. The lowest BCUT2D eigenvalue weighted by Crippen LogP contribution is -2.57. The maximum Gasteiger partial charge on any atom is 0.0747 e. The molecule has 0 aromatic rings. The van der Waals surface area contributed by atoms with Crippen molar-refractivity contribution in [2.75, 3.05) is 13.1 Å². The van der Waals surface area contributed by atoms with Gasteiger partial charge in [-0.05, 0) is 57.9 Å². The second-order valence-corrected chi connectivity index (χ2v) is 6.86. The summed E-state index contributed by atoms with van der Waals surface area (Å²) in [5.74, 6) is 0.940. The Labute approximate surface area is 117 Å². The van der Waals surface area contributed by atoms with Gasteiger partial charge in [0.05, 0.1) is 12.2 Å². The Morgan fingerprint density at radius 2 is 1.89 bits per heavy atom. The summed E-state index contributed by atoms with van der Waals surface area (Å²) in [6.45, 7) is 4.21. The third kappa shape index (κ3) is 2.84. The van der Waals surface area contributed by atoms with Crippen molar-refractivity contribution in [2.24, 2.45) is 11.7 Å². The van der Waals surface area contributed by atoms with Crippen LogP contribution in [0.5, 0.6) is 0 Å². The predicted octanol–water partition coefficient (Wildman–Crippen LogP) is 2.54. The summed E-state index contributed by atoms with van der Waals surface area (Å²) in [6, 6.07) is 1.27. The average Bonchev–Trinajstić information content (AvgIpc) is 2.86. The molecule has 2 saturated heterocycles. The van der Waals surface area contributed by atoms with Crippen molar-refractivity contribution in [1.29, 1.82) is 0 Å². The number of likely N-dealkylation sites (tertiary alicyclic amines) is 1. The Morgan fingerprint density at radius 1 is 1.11 bits per heavy atom. The highest BCUT2D eigenvalue weighted by molar-refractivity contribution is 4.94. The van der Waals surface area contributed by atoms with E-state index in [-0.39, 0.29) is 0 Å². The fraction of sp³-hybridized carbons (Fsp3) is 1.00. The molecule has 3 nitrogen and oxygen atoms in total. The van der Waals surface area contributed by atoms with E-state index < -0.39 is 0 Å². The molecule has 3 unspecified atom stereocenters. The molecule has 3 aliphatic rings. The number of rotatable bonds is 3. The summed E-state index contributed by atoms with van der Waals surface area (Å²) in [7, 11) is 0. The summed E-state index contributed by atoms with van der Waals surface area (Å²) in [4.78, 5) is 2.75. The molecule has 1 saturated carbocycles. The third-order valence-corrected chi connectivity index (χ3v) is 5.65. The van der Waals surface area contributed by atoms with E-state index in [0.717, 1.165) is 18.5 Å². The lowest BCUT2D eigenvalue weighted by atomic mass is 9.77. The Bertz CT molecular complexity index is 294. The first-order valence-corrected chi connectivity index (χ1v) is 8.41. The Morgan fingerprint density at radius 3 is 2.63 bits per heavy atom. The molecule has 3 heteroatoms. The van der Waals surface area contributed by atoms with Gasteiger partial charge in [-0.3, -0.25) is 4.90 Å². The van der Waals surface area contributed by atoms with Crippen LogP contribution in [0.2, 0.25) is 0 Å². The van der Waals surface area contributed by atoms with Gasteiger partial charge < -0.3 is 10.5 Å². The van der Waals surface area contributed by atoms with Gasteiger partial charge >= 0.3 is 0 Å². The molecule has 0 amide bonds. The van der Waals surface area contributed by atoms with Crippen LogP contribution in [0.1, 0.15) is 58.3 Å². The number of piperidine rings is 1. The maximum atomic E-state index is 6.13. The lowest BCUT2D eigenvalue weighted by Gasteiger charge is -2.48. The van der Waals surface area contributed by atoms with Crippen molar-refractivity contribution in [2.45, 2.75) is 82.6 Å². The smallest absolute Gasteiger partial charge is 0.0747 e. The van der Waals surface area contributed by atoms with Gasteiger partial charge in [0.1, 0.15) is 0 Å². The summed E-state index contributed by atoms with van der Waals surface area (Å²) in [5.41, 5.74) is 6.13. The molecule has 3 fully saturated rings. The van der Waals surface area contributed by atoms with E-state index in [2.05, 4.69) is 11.8 Å². The molecule has 2 N–H and O–H groups in total. The second kappa shape index (κ2) is 6.11. The van der Waals surface area contributed by atoms with Crippen molar-refractivity contribution in [1.82, 2.24) is 4.90 Å². The largest absolute Gasteiger partial charge is 0.374 e. The molecular formula is C16H30N2O. The van der Waals surface area contributed by atoms with Crippen LogP contribution in [-0.4, -0.2) is 42.3 Å². The average molecular weight is 266 g/mol. The van der Waals surface area contributed by atoms with E-state index in [0.29, 0.717) is 18.2 Å². The minimum absolute atomic E-state index is 0.390. The second-order valence-electron chi connectivity index (χ2n) is 6.86. The van der Waals surface area contributed by atoms with Gasteiger partial charge in [0.15, 0.2) is 0 Å². The van der Waals surface area contributed by atoms with E-state index in [1.54, 1.807) is 0 Å². The predicted molar refractivity (Wildman–Crippen MR) is 78.1 cm³/mol. The first-order chi connectivity index (χ1) is 9.29. The Kier molecular flexibility index (Phi) is 4.45. The number of nitrogens with two attached hydrogens (primary N) is 1. The van der Waals surface area contributed by atoms with Crippen LogP contribution in [0.25, 0.3) is 0 Å². The van der Waals surface area contributed by atoms with Gasteiger partial charge in [-0.2, -0.15) is 0 Å². The standard InChI is InChI=1S/C16H30N2O/c1-12-8-9-16(19-12)15(11-17)18-10-4-6-13-5-2-3-7-14(13)18/h12-16H,2-11,17H2,1H3/t12?,13-,14-,15?,16?/m1/s1. The van der Waals surface area contributed by atoms with Crippen LogP contribution in [0.15, 0.2) is 0 Å². The zero-order chi connectivity index (χ0) is 13.2. The first-order valence-electron chi connectivity index (χ1n) is 8.41. The maximum absolute atomic E-state index is 6.13. The third-order valence-electron chi connectivity index (χ3n) is 5.65. The number of hydrogen-bond acceptors (Lipinski definition) is 3. The van der Waals surface area contributed by atoms with Crippen LogP contribution in [-0.2, 0) is 4.74 Å². The van der Waals surface area contributed by atoms with E-state index in [9.17, 15) is 0 Å². The number of ether oxygens (including phenoxy) is 1. The highest BCUT2D eigenvalue weighted by atomic mass is 16.5. The van der Waals surface area contributed by atoms with Crippen LogP contribution < -0.4 is 5.73 Å². The zero-order valence-corrected chi connectivity index (χ0v) is 12.4. The quantitative estimate of drug-likeness (QED) is 0.853. The SMILES string of the molecule is CC1CCC(C(CN)N2CCC[C@H]3CCCC[C@H]32)O1. The monoisotopic (exact) mass is 266 g/mol. The fourth-order valence-electron chi connectivity index (χ4n) is 4.69. The molecule has 0 bridgehead atoms.